The summed E-state index contributed by atoms with van der Waals surface area (Å²) < 4.78 is 12.5. The van der Waals surface area contributed by atoms with Crippen LogP contribution in [0.5, 0.6) is 0 Å². The second-order valence-corrected chi connectivity index (χ2v) is 12.3. The highest BCUT2D eigenvalue weighted by Gasteiger charge is 2.27. The zero-order valence-electron chi connectivity index (χ0n) is 18.1. The number of benzene rings is 1. The molecule has 0 spiro atoms. The first-order valence-electron chi connectivity index (χ1n) is 9.85. The third-order valence-corrected chi connectivity index (χ3v) is 9.43. The van der Waals surface area contributed by atoms with Crippen LogP contribution >= 0.6 is 0 Å². The van der Waals surface area contributed by atoms with Gasteiger partial charge in [0.05, 0.1) is 0 Å². The predicted octanol–water partition coefficient (Wildman–Crippen LogP) is 3.55. The average molecular weight is 397 g/mol. The smallest absolute Gasteiger partial charge is 0.169 e. The molecule has 1 aromatic rings. The fourth-order valence-corrected chi connectivity index (χ4v) is 6.21. The zero-order valence-corrected chi connectivity index (χ0v) is 20.9. The van der Waals surface area contributed by atoms with Crippen LogP contribution in [-0.4, -0.2) is 30.7 Å². The Morgan fingerprint density at radius 3 is 1.31 bits per heavy atom. The molecule has 0 fully saturated rings. The van der Waals surface area contributed by atoms with Crippen molar-refractivity contribution in [1.82, 2.24) is 0 Å². The Labute approximate surface area is 165 Å². The fourth-order valence-electron chi connectivity index (χ4n) is 3.09. The minimum Gasteiger partial charge on any atom is -0.419 e. The number of hydrogen-bond acceptors (Lipinski definition) is 4. The summed E-state index contributed by atoms with van der Waals surface area (Å²) in [5, 5.41) is 0. The summed E-state index contributed by atoms with van der Waals surface area (Å²) >= 11 is 0. The molecule has 2 unspecified atom stereocenters. The molecule has 0 aromatic heterocycles. The molecule has 0 amide bonds. The first kappa shape index (κ1) is 23.2. The lowest BCUT2D eigenvalue weighted by Gasteiger charge is -2.30. The van der Waals surface area contributed by atoms with Crippen LogP contribution in [0.25, 0.3) is 0 Å². The Hall–Kier alpha value is -0.826. The first-order valence-corrected chi connectivity index (χ1v) is 12.6. The van der Waals surface area contributed by atoms with Gasteiger partial charge in [-0.15, -0.1) is 0 Å². The van der Waals surface area contributed by atoms with E-state index in [-0.39, 0.29) is 11.2 Å². The summed E-state index contributed by atoms with van der Waals surface area (Å²) in [6, 6.07) is 3.92. The van der Waals surface area contributed by atoms with Crippen molar-refractivity contribution in [2.24, 2.45) is 0 Å². The summed E-state index contributed by atoms with van der Waals surface area (Å²) in [6.07, 6.45) is 2.06. The topological polar surface area (TPSA) is 70.5 Å². The van der Waals surface area contributed by atoms with E-state index in [4.69, 9.17) is 20.3 Å². The molecule has 0 heterocycles. The van der Waals surface area contributed by atoms with Crippen LogP contribution in [0.3, 0.4) is 0 Å². The third kappa shape index (κ3) is 7.06. The monoisotopic (exact) mass is 396 g/mol. The normalized spacial score (nSPS) is 16.0. The summed E-state index contributed by atoms with van der Waals surface area (Å²) in [5.41, 5.74) is 17.7. The molecule has 0 aliphatic rings. The summed E-state index contributed by atoms with van der Waals surface area (Å²) in [4.78, 5) is 0. The Kier molecular flexibility index (Phi) is 8.39. The highest BCUT2D eigenvalue weighted by atomic mass is 28.2. The standard InChI is InChI=1S/C20H40N2O2Si2/c1-9-15(25-23-19(3,4)5)17-13(21)11-12-14(22)18(17)16(10-2)26-24-20(6,7)8/h11-12,15-16H,9-10,21-22,25-26H2,1-8H3. The minimum absolute atomic E-state index is 0.108. The van der Waals surface area contributed by atoms with Gasteiger partial charge in [0.2, 0.25) is 0 Å². The molecule has 150 valence electrons. The molecule has 6 heteroatoms. The maximum atomic E-state index is 6.47. The maximum Gasteiger partial charge on any atom is 0.169 e. The molecule has 0 saturated carbocycles. The minimum atomic E-state index is -0.778. The lowest BCUT2D eigenvalue weighted by Crippen LogP contribution is -2.29. The molecule has 0 saturated heterocycles. The molecule has 4 nitrogen and oxygen atoms in total. The molecule has 1 aromatic carbocycles. The zero-order chi connectivity index (χ0) is 20.1. The molecular formula is C20H40N2O2Si2. The fraction of sp³-hybridized carbons (Fsp3) is 0.700. The number of anilines is 2. The first-order chi connectivity index (χ1) is 11.9. The number of nitrogen functional groups attached to an aromatic ring is 2. The van der Waals surface area contributed by atoms with Crippen LogP contribution in [0.1, 0.15) is 90.4 Å². The van der Waals surface area contributed by atoms with Gasteiger partial charge in [-0.1, -0.05) is 13.8 Å². The summed E-state index contributed by atoms with van der Waals surface area (Å²) in [7, 11) is -1.56. The molecule has 2 atom stereocenters. The van der Waals surface area contributed by atoms with E-state index in [0.29, 0.717) is 11.1 Å². The van der Waals surface area contributed by atoms with Crippen LogP contribution in [-0.2, 0) is 8.85 Å². The van der Waals surface area contributed by atoms with Crippen molar-refractivity contribution >= 4 is 30.9 Å². The Morgan fingerprint density at radius 2 is 1.08 bits per heavy atom. The molecule has 0 aliphatic heterocycles. The maximum absolute atomic E-state index is 6.47. The van der Waals surface area contributed by atoms with Gasteiger partial charge in [0, 0.05) is 22.6 Å². The van der Waals surface area contributed by atoms with Gasteiger partial charge in [-0.2, -0.15) is 0 Å². The quantitative estimate of drug-likeness (QED) is 0.521. The van der Waals surface area contributed by atoms with Gasteiger partial charge in [0.1, 0.15) is 0 Å². The third-order valence-electron chi connectivity index (χ3n) is 4.59. The van der Waals surface area contributed by atoms with E-state index in [2.05, 4.69) is 55.4 Å². The molecule has 0 radical (unpaired) electrons. The highest BCUT2D eigenvalue weighted by Crippen LogP contribution is 2.38. The van der Waals surface area contributed by atoms with Crippen molar-refractivity contribution in [3.8, 4) is 0 Å². The van der Waals surface area contributed by atoms with Crippen molar-refractivity contribution in [2.45, 2.75) is 90.5 Å². The second kappa shape index (κ2) is 9.39. The summed E-state index contributed by atoms with van der Waals surface area (Å²) in [5.74, 6) is 0. The molecular weight excluding hydrogens is 356 g/mol. The SMILES string of the molecule is CCC([SiH2]OC(C)(C)C)c1c(N)ccc(N)c1C(CC)[SiH2]OC(C)(C)C. The largest absolute Gasteiger partial charge is 0.419 e. The van der Waals surface area contributed by atoms with E-state index in [1.54, 1.807) is 0 Å². The number of nitrogens with two attached hydrogens (primary N) is 2. The number of hydrogen-bond donors (Lipinski definition) is 2. The predicted molar refractivity (Wildman–Crippen MR) is 120 cm³/mol. The van der Waals surface area contributed by atoms with Gasteiger partial charge in [-0.25, -0.2) is 0 Å². The molecule has 26 heavy (non-hydrogen) atoms. The van der Waals surface area contributed by atoms with Crippen LogP contribution < -0.4 is 11.5 Å². The molecule has 0 aliphatic carbocycles. The van der Waals surface area contributed by atoms with Crippen LogP contribution in [0.15, 0.2) is 12.1 Å². The highest BCUT2D eigenvalue weighted by molar-refractivity contribution is 6.32. The van der Waals surface area contributed by atoms with Gasteiger partial charge in [-0.3, -0.25) is 0 Å². The Bertz CT molecular complexity index is 529. The van der Waals surface area contributed by atoms with Crippen LogP contribution in [0.4, 0.5) is 11.4 Å². The van der Waals surface area contributed by atoms with Crippen molar-refractivity contribution in [3.63, 3.8) is 0 Å². The van der Waals surface area contributed by atoms with Crippen molar-refractivity contribution in [1.29, 1.82) is 0 Å². The van der Waals surface area contributed by atoms with Gasteiger partial charge in [0.15, 0.2) is 19.5 Å². The van der Waals surface area contributed by atoms with E-state index >= 15 is 0 Å². The van der Waals surface area contributed by atoms with Gasteiger partial charge in [0.25, 0.3) is 0 Å². The Morgan fingerprint density at radius 1 is 0.769 bits per heavy atom. The van der Waals surface area contributed by atoms with Gasteiger partial charge >= 0.3 is 0 Å². The number of rotatable bonds is 8. The Balaban J connectivity index is 3.27. The lowest BCUT2D eigenvalue weighted by molar-refractivity contribution is 0.134. The van der Waals surface area contributed by atoms with E-state index in [1.807, 2.05) is 12.1 Å². The van der Waals surface area contributed by atoms with Gasteiger partial charge < -0.3 is 20.3 Å². The second-order valence-electron chi connectivity index (χ2n) is 9.13. The van der Waals surface area contributed by atoms with Gasteiger partial charge in [-0.05, 0) is 88.7 Å². The van der Waals surface area contributed by atoms with E-state index in [0.717, 1.165) is 24.2 Å². The molecule has 4 N–H and O–H groups in total. The van der Waals surface area contributed by atoms with E-state index in [1.165, 1.54) is 11.1 Å². The van der Waals surface area contributed by atoms with Crippen molar-refractivity contribution in [2.75, 3.05) is 11.5 Å². The molecule has 1 rings (SSSR count). The van der Waals surface area contributed by atoms with E-state index < -0.39 is 19.5 Å². The average Bonchev–Trinajstić information content (AvgIpc) is 2.51. The van der Waals surface area contributed by atoms with Crippen molar-refractivity contribution in [3.05, 3.63) is 23.3 Å². The van der Waals surface area contributed by atoms with E-state index in [9.17, 15) is 0 Å². The van der Waals surface area contributed by atoms with Crippen molar-refractivity contribution < 1.29 is 8.85 Å². The van der Waals surface area contributed by atoms with Crippen LogP contribution in [0, 0.1) is 0 Å². The van der Waals surface area contributed by atoms with Crippen LogP contribution in [0.2, 0.25) is 0 Å². The lowest BCUT2D eigenvalue weighted by atomic mass is 9.95. The summed E-state index contributed by atoms with van der Waals surface area (Å²) in [6.45, 7) is 17.2. The molecule has 0 bridgehead atoms.